The van der Waals surface area contributed by atoms with E-state index in [-0.39, 0.29) is 49.0 Å². The van der Waals surface area contributed by atoms with E-state index in [2.05, 4.69) is 10.3 Å². The Hall–Kier alpha value is -3.29. The first-order valence-electron chi connectivity index (χ1n) is 13.9. The molecule has 1 amide bonds. The van der Waals surface area contributed by atoms with Crippen LogP contribution in [0.5, 0.6) is 0 Å². The van der Waals surface area contributed by atoms with Gasteiger partial charge in [0.05, 0.1) is 6.61 Å². The highest BCUT2D eigenvalue weighted by molar-refractivity contribution is 6.10. The number of hydrogen-bond donors (Lipinski definition) is 4. The number of rotatable bonds is 3. The summed E-state index contributed by atoms with van der Waals surface area (Å²) in [5.74, 6) is -2.13. The standard InChI is InChI=1S/C32H38N2O5/c1-18-7-6-8-23-14-22(17-35)20(3)29-26(15-21-16-33-25-10-5-4-9-24(21)25)34-31(39)32(23,29)28(37)12-11-27(36)30(38)19(2)13-18/h4-6,8-10,13-14,16,18,20,23,26,29-30,33,35,38H,7,11-12,15,17H2,1-3H3,(H,34,39). The third-order valence-electron chi connectivity index (χ3n) is 9.19. The average Bonchev–Trinajstić information content (AvgIpc) is 3.46. The lowest BCUT2D eigenvalue weighted by Gasteiger charge is -2.45. The number of amides is 1. The molecule has 5 rings (SSSR count). The van der Waals surface area contributed by atoms with Crippen molar-refractivity contribution in [3.05, 3.63) is 71.5 Å². The molecule has 0 bridgehead atoms. The Morgan fingerprint density at radius 1 is 1.08 bits per heavy atom. The Morgan fingerprint density at radius 3 is 2.62 bits per heavy atom. The first-order valence-corrected chi connectivity index (χ1v) is 13.9. The second-order valence-electron chi connectivity index (χ2n) is 11.6. The van der Waals surface area contributed by atoms with Crippen LogP contribution in [-0.4, -0.2) is 51.4 Å². The number of Topliss-reactive ketones (excluding diaryl/α,β-unsaturated/α-hetero) is 2. The van der Waals surface area contributed by atoms with Crippen LogP contribution in [0.2, 0.25) is 0 Å². The van der Waals surface area contributed by atoms with E-state index in [1.54, 1.807) is 6.92 Å². The van der Waals surface area contributed by atoms with Crippen LogP contribution in [-0.2, 0) is 20.8 Å². The zero-order chi connectivity index (χ0) is 27.9. The van der Waals surface area contributed by atoms with Gasteiger partial charge in [-0.2, -0.15) is 0 Å². The lowest BCUT2D eigenvalue weighted by atomic mass is 9.54. The van der Waals surface area contributed by atoms with Gasteiger partial charge in [-0.05, 0) is 54.4 Å². The minimum absolute atomic E-state index is 0.0581. The first-order chi connectivity index (χ1) is 18.7. The van der Waals surface area contributed by atoms with Gasteiger partial charge in [-0.3, -0.25) is 14.4 Å². The molecule has 2 heterocycles. The number of H-pyrrole nitrogens is 1. The molecule has 39 heavy (non-hydrogen) atoms. The quantitative estimate of drug-likeness (QED) is 0.355. The number of fused-ring (bicyclic) bond motifs is 1. The molecular formula is C32H38N2O5. The third kappa shape index (κ3) is 4.61. The number of hydrogen-bond acceptors (Lipinski definition) is 5. The maximum atomic E-state index is 14.2. The van der Waals surface area contributed by atoms with Gasteiger partial charge in [0.2, 0.25) is 5.91 Å². The summed E-state index contributed by atoms with van der Waals surface area (Å²) in [6, 6.07) is 7.66. The molecule has 3 aliphatic rings. The minimum Gasteiger partial charge on any atom is -0.392 e. The van der Waals surface area contributed by atoms with Gasteiger partial charge in [0, 0.05) is 47.8 Å². The summed E-state index contributed by atoms with van der Waals surface area (Å²) in [7, 11) is 0. The molecule has 1 aromatic heterocycles. The zero-order valence-corrected chi connectivity index (χ0v) is 22.8. The van der Waals surface area contributed by atoms with Crippen LogP contribution in [0.3, 0.4) is 0 Å². The van der Waals surface area contributed by atoms with Crippen LogP contribution in [0.25, 0.3) is 10.9 Å². The molecule has 1 spiro atoms. The van der Waals surface area contributed by atoms with Crippen molar-refractivity contribution in [1.82, 2.24) is 10.3 Å². The Labute approximate surface area is 229 Å². The summed E-state index contributed by atoms with van der Waals surface area (Å²) >= 11 is 0. The average molecular weight is 531 g/mol. The summed E-state index contributed by atoms with van der Waals surface area (Å²) in [6.07, 6.45) is 9.32. The molecule has 0 saturated carbocycles. The second-order valence-corrected chi connectivity index (χ2v) is 11.6. The number of carbonyl (C=O) groups excluding carboxylic acids is 3. The Kier molecular flexibility index (Phi) is 7.49. The summed E-state index contributed by atoms with van der Waals surface area (Å²) in [6.45, 7) is 5.57. The van der Waals surface area contributed by atoms with Crippen LogP contribution in [0.15, 0.2) is 65.9 Å². The van der Waals surface area contributed by atoms with Gasteiger partial charge >= 0.3 is 0 Å². The third-order valence-corrected chi connectivity index (χ3v) is 9.19. The summed E-state index contributed by atoms with van der Waals surface area (Å²) < 4.78 is 0. The second kappa shape index (κ2) is 10.7. The van der Waals surface area contributed by atoms with Gasteiger partial charge in [-0.25, -0.2) is 0 Å². The number of para-hydroxylation sites is 1. The Morgan fingerprint density at radius 2 is 1.85 bits per heavy atom. The van der Waals surface area contributed by atoms with E-state index >= 15 is 0 Å². The first kappa shape index (κ1) is 27.3. The fourth-order valence-corrected chi connectivity index (χ4v) is 7.21. The number of aromatic amines is 1. The van der Waals surface area contributed by atoms with E-state index < -0.39 is 29.1 Å². The molecule has 1 fully saturated rings. The largest absolute Gasteiger partial charge is 0.392 e. The van der Waals surface area contributed by atoms with Crippen molar-refractivity contribution in [3.63, 3.8) is 0 Å². The molecule has 2 aliphatic carbocycles. The number of nitrogens with one attached hydrogen (secondary N) is 2. The molecule has 7 heteroatoms. The highest BCUT2D eigenvalue weighted by atomic mass is 16.3. The van der Waals surface area contributed by atoms with Gasteiger partial charge in [0.15, 0.2) is 5.78 Å². The normalized spacial score (nSPS) is 33.8. The van der Waals surface area contributed by atoms with Gasteiger partial charge in [-0.15, -0.1) is 0 Å². The van der Waals surface area contributed by atoms with Crippen LogP contribution < -0.4 is 5.32 Å². The number of ketones is 2. The van der Waals surface area contributed by atoms with Crippen molar-refractivity contribution in [1.29, 1.82) is 0 Å². The van der Waals surface area contributed by atoms with Gasteiger partial charge < -0.3 is 20.5 Å². The predicted octanol–water partition coefficient (Wildman–Crippen LogP) is 3.82. The highest BCUT2D eigenvalue weighted by Gasteiger charge is 2.65. The van der Waals surface area contributed by atoms with Crippen LogP contribution in [0, 0.1) is 29.1 Å². The number of aliphatic hydroxyl groups excluding tert-OH is 2. The van der Waals surface area contributed by atoms with Crippen molar-refractivity contribution in [3.8, 4) is 0 Å². The molecule has 7 unspecified atom stereocenters. The van der Waals surface area contributed by atoms with E-state index in [1.165, 1.54) is 0 Å². The van der Waals surface area contributed by atoms with Crippen LogP contribution in [0.1, 0.15) is 45.6 Å². The van der Waals surface area contributed by atoms with Crippen molar-refractivity contribution in [2.45, 2.75) is 58.6 Å². The van der Waals surface area contributed by atoms with Gasteiger partial charge in [-0.1, -0.05) is 56.4 Å². The number of aromatic nitrogens is 1. The van der Waals surface area contributed by atoms with Crippen molar-refractivity contribution < 1.29 is 24.6 Å². The molecule has 4 N–H and O–H groups in total. The summed E-state index contributed by atoms with van der Waals surface area (Å²) in [5.41, 5.74) is 2.06. The molecule has 1 aliphatic heterocycles. The van der Waals surface area contributed by atoms with Crippen molar-refractivity contribution in [2.75, 3.05) is 6.61 Å². The lowest BCUT2D eigenvalue weighted by molar-refractivity contribution is -0.146. The van der Waals surface area contributed by atoms with Crippen LogP contribution in [0.4, 0.5) is 0 Å². The van der Waals surface area contributed by atoms with E-state index in [1.807, 2.05) is 68.6 Å². The van der Waals surface area contributed by atoms with E-state index in [4.69, 9.17) is 0 Å². The number of carbonyl (C=O) groups is 3. The lowest BCUT2D eigenvalue weighted by Crippen LogP contribution is -2.53. The fourth-order valence-electron chi connectivity index (χ4n) is 7.21. The number of allylic oxidation sites excluding steroid dienone is 4. The SMILES string of the molecule is CC1=CC(C)CC=CC2C=C(CO)C(C)C3C(Cc4c[nH]c5ccccc45)NC(=O)C23C(=O)CCC(=O)C1O. The van der Waals surface area contributed by atoms with Crippen LogP contribution >= 0.6 is 0 Å². The highest BCUT2D eigenvalue weighted by Crippen LogP contribution is 2.55. The molecule has 1 saturated heterocycles. The van der Waals surface area contributed by atoms with Gasteiger partial charge in [0.1, 0.15) is 17.3 Å². The van der Waals surface area contributed by atoms with Crippen molar-refractivity contribution in [2.24, 2.45) is 29.1 Å². The molecule has 0 radical (unpaired) electrons. The summed E-state index contributed by atoms with van der Waals surface area (Å²) in [4.78, 5) is 44.4. The number of aliphatic hydroxyl groups is 2. The van der Waals surface area contributed by atoms with Crippen molar-refractivity contribution >= 4 is 28.4 Å². The smallest absolute Gasteiger partial charge is 0.235 e. The molecule has 1 aromatic carbocycles. The van der Waals surface area contributed by atoms with E-state index in [0.717, 1.165) is 22.0 Å². The monoisotopic (exact) mass is 530 g/mol. The van der Waals surface area contributed by atoms with E-state index in [9.17, 15) is 24.6 Å². The zero-order valence-electron chi connectivity index (χ0n) is 22.8. The molecule has 2 aromatic rings. The molecule has 7 atom stereocenters. The van der Waals surface area contributed by atoms with E-state index in [0.29, 0.717) is 18.4 Å². The maximum absolute atomic E-state index is 14.2. The Bertz CT molecular complexity index is 1380. The Balaban J connectivity index is 1.59. The molecule has 206 valence electrons. The summed E-state index contributed by atoms with van der Waals surface area (Å²) in [5, 5.41) is 25.1. The number of benzene rings is 1. The van der Waals surface area contributed by atoms with Gasteiger partial charge in [0.25, 0.3) is 0 Å². The minimum atomic E-state index is -1.39. The molecular weight excluding hydrogens is 492 g/mol. The fraction of sp³-hybridized carbons (Fsp3) is 0.469. The maximum Gasteiger partial charge on any atom is 0.235 e. The molecule has 7 nitrogen and oxygen atoms in total. The predicted molar refractivity (Wildman–Crippen MR) is 150 cm³/mol. The topological polar surface area (TPSA) is 119 Å².